The van der Waals surface area contributed by atoms with Gasteiger partial charge in [0.05, 0.1) is 6.61 Å². The minimum absolute atomic E-state index is 0.268. The maximum Gasteiger partial charge on any atom is 0.374 e. The van der Waals surface area contributed by atoms with E-state index in [0.29, 0.717) is 6.61 Å². The fourth-order valence-corrected chi connectivity index (χ4v) is 0.716. The lowest BCUT2D eigenvalue weighted by molar-refractivity contribution is 0.0513. The largest absolute Gasteiger partial charge is 0.460 e. The number of carbonyl (C=O) groups excluding carboxylic acids is 1. The molecule has 0 aromatic carbocycles. The molecule has 1 N–H and O–H groups in total. The predicted octanol–water partition coefficient (Wildman–Crippen LogP) is 1.92. The summed E-state index contributed by atoms with van der Waals surface area (Å²) in [5, 5.41) is 0. The van der Waals surface area contributed by atoms with Crippen LogP contribution in [0.4, 0.5) is 0 Å². The number of hydrogen-bond acceptors (Lipinski definition) is 3. The average Bonchev–Trinajstić information content (AvgIpc) is 2.56. The monoisotopic (exact) mass is 184 g/mol. The summed E-state index contributed by atoms with van der Waals surface area (Å²) < 4.78 is 4.71. The normalized spacial score (nSPS) is 8.62. The van der Waals surface area contributed by atoms with Gasteiger partial charge in [-0.3, -0.25) is 0 Å². The lowest BCUT2D eigenvalue weighted by atomic mass is 10.6. The zero-order chi connectivity index (χ0) is 10.3. The molecule has 0 unspecified atom stereocenters. The molecule has 0 saturated heterocycles. The topological polar surface area (TPSA) is 55.0 Å². The number of carbonyl (C=O) groups is 1. The second kappa shape index (κ2) is 6.22. The predicted molar refractivity (Wildman–Crippen MR) is 50.6 cm³/mol. The van der Waals surface area contributed by atoms with Crippen LogP contribution in [0.3, 0.4) is 0 Å². The highest BCUT2D eigenvalue weighted by Gasteiger charge is 2.08. The van der Waals surface area contributed by atoms with Crippen LogP contribution in [0.5, 0.6) is 0 Å². The van der Waals surface area contributed by atoms with Gasteiger partial charge in [0, 0.05) is 11.9 Å². The van der Waals surface area contributed by atoms with Crippen molar-refractivity contribution < 1.29 is 9.53 Å². The standard InChI is InChI=1S/C7H10N2O2.C2H6/c1-3-11-7(10)6-8-4-5(2)9-6;1-2/h4H,3H2,1-2H3,(H,8,9);1-2H3. The minimum Gasteiger partial charge on any atom is -0.460 e. The Morgan fingerprint density at radius 2 is 2.23 bits per heavy atom. The molecular formula is C9H16N2O2. The number of esters is 1. The van der Waals surface area contributed by atoms with E-state index in [2.05, 4.69) is 9.97 Å². The molecule has 0 spiro atoms. The summed E-state index contributed by atoms with van der Waals surface area (Å²) >= 11 is 0. The summed E-state index contributed by atoms with van der Waals surface area (Å²) in [6.07, 6.45) is 1.59. The summed E-state index contributed by atoms with van der Waals surface area (Å²) in [4.78, 5) is 17.5. The fourth-order valence-electron chi connectivity index (χ4n) is 0.716. The number of aryl methyl sites for hydroxylation is 1. The van der Waals surface area contributed by atoms with Gasteiger partial charge in [-0.2, -0.15) is 0 Å². The summed E-state index contributed by atoms with van der Waals surface area (Å²) in [5.74, 6) is -0.134. The number of hydrogen-bond donors (Lipinski definition) is 1. The first kappa shape index (κ1) is 11.7. The molecule has 0 aliphatic carbocycles. The van der Waals surface area contributed by atoms with Crippen molar-refractivity contribution in [3.63, 3.8) is 0 Å². The number of aromatic amines is 1. The van der Waals surface area contributed by atoms with Gasteiger partial charge >= 0.3 is 5.97 Å². The van der Waals surface area contributed by atoms with E-state index in [1.54, 1.807) is 13.1 Å². The van der Waals surface area contributed by atoms with E-state index in [-0.39, 0.29) is 5.82 Å². The second-order valence-corrected chi connectivity index (χ2v) is 2.14. The zero-order valence-electron chi connectivity index (χ0n) is 8.55. The third kappa shape index (κ3) is 3.73. The van der Waals surface area contributed by atoms with Gasteiger partial charge in [0.2, 0.25) is 5.82 Å². The number of ether oxygens (including phenoxy) is 1. The van der Waals surface area contributed by atoms with E-state index in [4.69, 9.17) is 4.74 Å². The summed E-state index contributed by atoms with van der Waals surface area (Å²) in [5.41, 5.74) is 0.855. The third-order valence-corrected chi connectivity index (χ3v) is 1.17. The minimum atomic E-state index is -0.402. The molecule has 0 radical (unpaired) electrons. The highest BCUT2D eigenvalue weighted by Crippen LogP contribution is 1.96. The average molecular weight is 184 g/mol. The number of H-pyrrole nitrogens is 1. The van der Waals surface area contributed by atoms with Crippen molar-refractivity contribution >= 4 is 5.97 Å². The molecule has 4 nitrogen and oxygen atoms in total. The van der Waals surface area contributed by atoms with Crippen molar-refractivity contribution in [1.82, 2.24) is 9.97 Å². The van der Waals surface area contributed by atoms with Crippen LogP contribution in [-0.4, -0.2) is 22.5 Å². The molecule has 0 bridgehead atoms. The van der Waals surface area contributed by atoms with Crippen LogP contribution in [0.25, 0.3) is 0 Å². The number of imidazole rings is 1. The first-order valence-electron chi connectivity index (χ1n) is 4.42. The van der Waals surface area contributed by atoms with Gasteiger partial charge in [-0.25, -0.2) is 9.78 Å². The summed E-state index contributed by atoms with van der Waals surface area (Å²) in [7, 11) is 0. The molecule has 1 rings (SSSR count). The molecule has 1 heterocycles. The molecule has 0 amide bonds. The Balaban J connectivity index is 0.000000671. The van der Waals surface area contributed by atoms with Gasteiger partial charge in [0.25, 0.3) is 0 Å². The summed E-state index contributed by atoms with van der Waals surface area (Å²) in [6.45, 7) is 7.96. The van der Waals surface area contributed by atoms with Crippen LogP contribution in [-0.2, 0) is 4.74 Å². The van der Waals surface area contributed by atoms with Crippen LogP contribution in [0.1, 0.15) is 37.1 Å². The van der Waals surface area contributed by atoms with Gasteiger partial charge in [0.1, 0.15) is 0 Å². The Bertz CT molecular complexity index is 256. The molecule has 1 aromatic heterocycles. The number of rotatable bonds is 2. The Morgan fingerprint density at radius 1 is 1.62 bits per heavy atom. The van der Waals surface area contributed by atoms with Gasteiger partial charge < -0.3 is 9.72 Å². The van der Waals surface area contributed by atoms with Gasteiger partial charge in [-0.1, -0.05) is 13.8 Å². The van der Waals surface area contributed by atoms with E-state index in [1.165, 1.54) is 0 Å². The van der Waals surface area contributed by atoms with Crippen molar-refractivity contribution in [3.8, 4) is 0 Å². The van der Waals surface area contributed by atoms with Crippen LogP contribution in [0.2, 0.25) is 0 Å². The lowest BCUT2D eigenvalue weighted by Gasteiger charge is -1.95. The van der Waals surface area contributed by atoms with Crippen LogP contribution >= 0.6 is 0 Å². The Labute approximate surface area is 78.3 Å². The van der Waals surface area contributed by atoms with Gasteiger partial charge in [-0.05, 0) is 13.8 Å². The van der Waals surface area contributed by atoms with E-state index < -0.39 is 5.97 Å². The molecule has 1 aromatic rings. The van der Waals surface area contributed by atoms with E-state index >= 15 is 0 Å². The maximum absolute atomic E-state index is 10.9. The fraction of sp³-hybridized carbons (Fsp3) is 0.556. The molecule has 0 saturated carbocycles. The first-order valence-corrected chi connectivity index (χ1v) is 4.42. The van der Waals surface area contributed by atoms with Crippen molar-refractivity contribution in [1.29, 1.82) is 0 Å². The van der Waals surface area contributed by atoms with Crippen molar-refractivity contribution in [2.45, 2.75) is 27.7 Å². The molecule has 0 atom stereocenters. The van der Waals surface area contributed by atoms with Crippen LogP contribution in [0.15, 0.2) is 6.20 Å². The van der Waals surface area contributed by atoms with Gasteiger partial charge in [0.15, 0.2) is 0 Å². The van der Waals surface area contributed by atoms with E-state index in [1.807, 2.05) is 20.8 Å². The number of nitrogens with zero attached hydrogens (tertiary/aromatic N) is 1. The van der Waals surface area contributed by atoms with Crippen molar-refractivity contribution in [2.24, 2.45) is 0 Å². The maximum atomic E-state index is 10.9. The molecule has 74 valence electrons. The van der Waals surface area contributed by atoms with Crippen LogP contribution in [0, 0.1) is 6.92 Å². The molecular weight excluding hydrogens is 168 g/mol. The number of aromatic nitrogens is 2. The molecule has 13 heavy (non-hydrogen) atoms. The van der Waals surface area contributed by atoms with Crippen molar-refractivity contribution in [3.05, 3.63) is 17.7 Å². The molecule has 0 aliphatic rings. The third-order valence-electron chi connectivity index (χ3n) is 1.17. The Hall–Kier alpha value is -1.32. The lowest BCUT2D eigenvalue weighted by Crippen LogP contribution is -2.06. The Morgan fingerprint density at radius 3 is 2.62 bits per heavy atom. The SMILES string of the molecule is CC.CCOC(=O)c1ncc(C)[nH]1. The molecule has 0 aliphatic heterocycles. The zero-order valence-corrected chi connectivity index (χ0v) is 8.55. The smallest absolute Gasteiger partial charge is 0.374 e. The molecule has 4 heteroatoms. The van der Waals surface area contributed by atoms with Crippen LogP contribution < -0.4 is 0 Å². The van der Waals surface area contributed by atoms with E-state index in [0.717, 1.165) is 5.69 Å². The highest BCUT2D eigenvalue weighted by atomic mass is 16.5. The van der Waals surface area contributed by atoms with Gasteiger partial charge in [-0.15, -0.1) is 0 Å². The van der Waals surface area contributed by atoms with E-state index in [9.17, 15) is 4.79 Å². The first-order chi connectivity index (χ1) is 6.24. The van der Waals surface area contributed by atoms with Crippen molar-refractivity contribution in [2.75, 3.05) is 6.61 Å². The molecule has 0 fully saturated rings. The Kier molecular flexibility index (Phi) is 5.59. The second-order valence-electron chi connectivity index (χ2n) is 2.14. The number of nitrogens with one attached hydrogen (secondary N) is 1. The quantitative estimate of drug-likeness (QED) is 0.714. The summed E-state index contributed by atoms with van der Waals surface area (Å²) in [6, 6.07) is 0. The highest BCUT2D eigenvalue weighted by molar-refractivity contribution is 5.85.